The molecule has 1 aliphatic rings. The molecule has 1 aliphatic heterocycles. The van der Waals surface area contributed by atoms with Gasteiger partial charge in [0, 0.05) is 18.7 Å². The summed E-state index contributed by atoms with van der Waals surface area (Å²) in [5, 5.41) is 12.1. The number of fused-ring (bicyclic) bond motifs is 2. The number of imidazole rings is 1. The van der Waals surface area contributed by atoms with Gasteiger partial charge in [-0.15, -0.1) is 0 Å². The number of aliphatic hydroxyl groups excluding tert-OH is 1. The third-order valence-corrected chi connectivity index (χ3v) is 5.04. The van der Waals surface area contributed by atoms with Crippen molar-refractivity contribution in [1.82, 2.24) is 14.9 Å². The molecule has 140 valence electrons. The largest absolute Gasteiger partial charge is 0.493 e. The molecule has 0 aliphatic carbocycles. The van der Waals surface area contributed by atoms with Gasteiger partial charge >= 0.3 is 0 Å². The Morgan fingerprint density at radius 2 is 2.19 bits per heavy atom. The van der Waals surface area contributed by atoms with Crippen LogP contribution in [0.25, 0.3) is 11.0 Å². The van der Waals surface area contributed by atoms with Gasteiger partial charge in [0.2, 0.25) is 0 Å². The first kappa shape index (κ1) is 17.5. The third kappa shape index (κ3) is 3.80. The summed E-state index contributed by atoms with van der Waals surface area (Å²) in [5.74, 6) is 1.22. The molecule has 4 rings (SSSR count). The van der Waals surface area contributed by atoms with Crippen molar-refractivity contribution < 1.29 is 14.6 Å². The van der Waals surface area contributed by atoms with Crippen LogP contribution in [0.5, 0.6) is 5.75 Å². The first-order chi connectivity index (χ1) is 13.2. The second-order valence-electron chi connectivity index (χ2n) is 6.89. The van der Waals surface area contributed by atoms with Gasteiger partial charge in [-0.05, 0) is 48.6 Å². The van der Waals surface area contributed by atoms with Crippen LogP contribution in [0.1, 0.15) is 22.3 Å². The van der Waals surface area contributed by atoms with Crippen molar-refractivity contribution in [2.45, 2.75) is 19.4 Å². The zero-order valence-electron chi connectivity index (χ0n) is 15.1. The van der Waals surface area contributed by atoms with Crippen LogP contribution in [-0.4, -0.2) is 40.3 Å². The Kier molecular flexibility index (Phi) is 5.07. The van der Waals surface area contributed by atoms with Crippen LogP contribution < -0.4 is 10.1 Å². The minimum absolute atomic E-state index is 0.0575. The lowest BCUT2D eigenvalue weighted by Gasteiger charge is -2.14. The molecule has 0 unspecified atom stereocenters. The van der Waals surface area contributed by atoms with Crippen LogP contribution in [0.2, 0.25) is 0 Å². The van der Waals surface area contributed by atoms with Crippen molar-refractivity contribution >= 4 is 16.9 Å². The summed E-state index contributed by atoms with van der Waals surface area (Å²) in [4.78, 5) is 16.9. The standard InChI is InChI=1S/C21H23N3O3/c25-9-8-24-14-23-18-12-17(5-6-19(18)24)21(26)22-13-15-7-10-27-20-4-2-1-3-16(20)11-15/h1-6,12,14-15,25H,7-11,13H2,(H,22,26)/t15-/m1/s1. The average Bonchev–Trinajstić information content (AvgIpc) is 2.97. The summed E-state index contributed by atoms with van der Waals surface area (Å²) in [6.07, 6.45) is 3.51. The van der Waals surface area contributed by atoms with Crippen LogP contribution in [0.15, 0.2) is 48.8 Å². The molecule has 0 saturated carbocycles. The van der Waals surface area contributed by atoms with Crippen LogP contribution in [-0.2, 0) is 13.0 Å². The molecule has 6 heteroatoms. The number of aromatic nitrogens is 2. The molecule has 6 nitrogen and oxygen atoms in total. The van der Waals surface area contributed by atoms with Crippen LogP contribution >= 0.6 is 0 Å². The maximum atomic E-state index is 12.6. The minimum Gasteiger partial charge on any atom is -0.493 e. The Bertz CT molecular complexity index is 951. The van der Waals surface area contributed by atoms with Gasteiger partial charge in [-0.25, -0.2) is 4.98 Å². The van der Waals surface area contributed by atoms with Gasteiger partial charge in [-0.1, -0.05) is 18.2 Å². The van der Waals surface area contributed by atoms with Crippen LogP contribution in [0.3, 0.4) is 0 Å². The second-order valence-corrected chi connectivity index (χ2v) is 6.89. The number of carbonyl (C=O) groups excluding carboxylic acids is 1. The van der Waals surface area contributed by atoms with Crippen molar-refractivity contribution in [3.8, 4) is 5.75 Å². The maximum absolute atomic E-state index is 12.6. The normalized spacial score (nSPS) is 16.4. The summed E-state index contributed by atoms with van der Waals surface area (Å²) >= 11 is 0. The van der Waals surface area contributed by atoms with E-state index in [-0.39, 0.29) is 12.5 Å². The van der Waals surface area contributed by atoms with E-state index >= 15 is 0 Å². The summed E-state index contributed by atoms with van der Waals surface area (Å²) in [7, 11) is 0. The molecule has 27 heavy (non-hydrogen) atoms. The third-order valence-electron chi connectivity index (χ3n) is 5.04. The summed E-state index contributed by atoms with van der Waals surface area (Å²) in [6.45, 7) is 1.84. The van der Waals surface area contributed by atoms with Gasteiger partial charge in [0.05, 0.1) is 30.6 Å². The molecule has 0 radical (unpaired) electrons. The number of carbonyl (C=O) groups is 1. The van der Waals surface area contributed by atoms with Gasteiger partial charge in [0.15, 0.2) is 0 Å². The fourth-order valence-corrected chi connectivity index (χ4v) is 3.57. The monoisotopic (exact) mass is 365 g/mol. The van der Waals surface area contributed by atoms with E-state index in [1.807, 2.05) is 28.8 Å². The Labute approximate surface area is 157 Å². The van der Waals surface area contributed by atoms with E-state index in [4.69, 9.17) is 9.84 Å². The fourth-order valence-electron chi connectivity index (χ4n) is 3.57. The molecule has 2 aromatic carbocycles. The quantitative estimate of drug-likeness (QED) is 0.728. The average molecular weight is 365 g/mol. The van der Waals surface area contributed by atoms with Gasteiger partial charge in [0.25, 0.3) is 5.91 Å². The first-order valence-electron chi connectivity index (χ1n) is 9.29. The highest BCUT2D eigenvalue weighted by Gasteiger charge is 2.18. The second kappa shape index (κ2) is 7.80. The van der Waals surface area contributed by atoms with Crippen molar-refractivity contribution in [2.75, 3.05) is 19.8 Å². The predicted octanol–water partition coefficient (Wildman–Crippen LogP) is 2.40. The lowest BCUT2D eigenvalue weighted by atomic mass is 9.97. The molecular weight excluding hydrogens is 342 g/mol. The van der Waals surface area contributed by atoms with Gasteiger partial charge in [-0.2, -0.15) is 0 Å². The Hall–Kier alpha value is -2.86. The van der Waals surface area contributed by atoms with Crippen molar-refractivity contribution in [3.63, 3.8) is 0 Å². The lowest BCUT2D eigenvalue weighted by molar-refractivity contribution is 0.0945. The minimum atomic E-state index is -0.0907. The predicted molar refractivity (Wildman–Crippen MR) is 103 cm³/mol. The SMILES string of the molecule is O=C(NC[C@@H]1CCOc2ccccc2C1)c1ccc2c(c1)ncn2CCO. The van der Waals surface area contributed by atoms with E-state index < -0.39 is 0 Å². The number of hydrogen-bond acceptors (Lipinski definition) is 4. The zero-order chi connectivity index (χ0) is 18.6. The van der Waals surface area contributed by atoms with E-state index in [9.17, 15) is 4.79 Å². The number of rotatable bonds is 5. The number of nitrogens with one attached hydrogen (secondary N) is 1. The number of ether oxygens (including phenoxy) is 1. The first-order valence-corrected chi connectivity index (χ1v) is 9.29. The molecule has 1 aromatic heterocycles. The number of amides is 1. The highest BCUT2D eigenvalue weighted by Crippen LogP contribution is 2.26. The van der Waals surface area contributed by atoms with Crippen LogP contribution in [0.4, 0.5) is 0 Å². The summed E-state index contributed by atoms with van der Waals surface area (Å²) in [5.41, 5.74) is 3.47. The molecule has 3 aromatic rings. The van der Waals surface area contributed by atoms with Gasteiger partial charge in [-0.3, -0.25) is 4.79 Å². The molecule has 2 heterocycles. The lowest BCUT2D eigenvalue weighted by Crippen LogP contribution is -2.30. The zero-order valence-corrected chi connectivity index (χ0v) is 15.1. The van der Waals surface area contributed by atoms with Crippen LogP contribution in [0, 0.1) is 5.92 Å². The van der Waals surface area contributed by atoms with Crippen molar-refractivity contribution in [2.24, 2.45) is 5.92 Å². The highest BCUT2D eigenvalue weighted by atomic mass is 16.5. The smallest absolute Gasteiger partial charge is 0.251 e. The van der Waals surface area contributed by atoms with E-state index in [1.54, 1.807) is 18.5 Å². The van der Waals surface area contributed by atoms with Gasteiger partial charge in [0.1, 0.15) is 5.75 Å². The Balaban J connectivity index is 1.41. The summed E-state index contributed by atoms with van der Waals surface area (Å²) in [6, 6.07) is 13.6. The Morgan fingerprint density at radius 3 is 3.07 bits per heavy atom. The number of nitrogens with zero attached hydrogens (tertiary/aromatic N) is 2. The van der Waals surface area contributed by atoms with E-state index in [1.165, 1.54) is 5.56 Å². The molecule has 0 bridgehead atoms. The highest BCUT2D eigenvalue weighted by molar-refractivity contribution is 5.97. The van der Waals surface area contributed by atoms with E-state index in [0.29, 0.717) is 31.2 Å². The fraction of sp³-hybridized carbons (Fsp3) is 0.333. The number of benzene rings is 2. The molecule has 0 fully saturated rings. The Morgan fingerprint density at radius 1 is 1.30 bits per heavy atom. The summed E-state index contributed by atoms with van der Waals surface area (Å²) < 4.78 is 7.67. The van der Waals surface area contributed by atoms with E-state index in [0.717, 1.165) is 29.6 Å². The molecule has 1 atom stereocenters. The molecule has 2 N–H and O–H groups in total. The molecule has 0 spiro atoms. The topological polar surface area (TPSA) is 76.4 Å². The number of hydrogen-bond donors (Lipinski definition) is 2. The van der Waals surface area contributed by atoms with Crippen molar-refractivity contribution in [1.29, 1.82) is 0 Å². The number of aliphatic hydroxyl groups is 1. The van der Waals surface area contributed by atoms with E-state index in [2.05, 4.69) is 16.4 Å². The number of para-hydroxylation sites is 1. The molecular formula is C21H23N3O3. The maximum Gasteiger partial charge on any atom is 0.251 e. The molecule has 1 amide bonds. The van der Waals surface area contributed by atoms with Gasteiger partial charge < -0.3 is 19.7 Å². The van der Waals surface area contributed by atoms with Crippen molar-refractivity contribution in [3.05, 3.63) is 59.9 Å². The molecule has 0 saturated heterocycles.